The van der Waals surface area contributed by atoms with Crippen LogP contribution in [-0.4, -0.2) is 37.0 Å². The van der Waals surface area contributed by atoms with E-state index >= 15 is 0 Å². The van der Waals surface area contributed by atoms with E-state index in [4.69, 9.17) is 9.47 Å². The smallest absolute Gasteiger partial charge is 0.306 e. The number of unbranched alkanes of at least 4 members (excludes halogenated alkanes) is 33. The number of esters is 1. The van der Waals surface area contributed by atoms with Crippen molar-refractivity contribution in [3.8, 4) is 0 Å². The molecule has 0 aliphatic heterocycles. The molecule has 53 heavy (non-hydrogen) atoms. The van der Waals surface area contributed by atoms with Gasteiger partial charge >= 0.3 is 5.97 Å². The van der Waals surface area contributed by atoms with E-state index < -0.39 is 6.10 Å². The quantitative estimate of drug-likeness (QED) is 0.0383. The molecule has 0 radical (unpaired) electrons. The number of aliphatic hydroxyl groups excluding tert-OH is 1. The van der Waals surface area contributed by atoms with Crippen LogP contribution in [0.1, 0.15) is 258 Å². The number of carbonyl (C=O) groups excluding carboxylic acids is 1. The molecule has 0 aliphatic rings. The third kappa shape index (κ3) is 45.2. The minimum Gasteiger partial charge on any atom is -0.457 e. The first kappa shape index (κ1) is 51.9. The highest BCUT2D eigenvalue weighted by Crippen LogP contribution is 2.16. The number of allylic oxidation sites excluding steroid dienone is 4. The second-order valence-electron chi connectivity index (χ2n) is 16.2. The van der Waals surface area contributed by atoms with Gasteiger partial charge in [0.05, 0.1) is 13.2 Å². The Morgan fingerprint density at radius 3 is 1.19 bits per heavy atom. The van der Waals surface area contributed by atoms with Gasteiger partial charge in [-0.25, -0.2) is 0 Å². The number of hydrogen-bond acceptors (Lipinski definition) is 4. The second kappa shape index (κ2) is 47.0. The van der Waals surface area contributed by atoms with Gasteiger partial charge in [-0.1, -0.05) is 231 Å². The van der Waals surface area contributed by atoms with Crippen LogP contribution >= 0.6 is 0 Å². The van der Waals surface area contributed by atoms with Crippen molar-refractivity contribution < 1.29 is 19.4 Å². The molecule has 1 unspecified atom stereocenters. The topological polar surface area (TPSA) is 55.8 Å². The average Bonchev–Trinajstić information content (AvgIpc) is 3.16. The van der Waals surface area contributed by atoms with Crippen LogP contribution in [0.2, 0.25) is 0 Å². The summed E-state index contributed by atoms with van der Waals surface area (Å²) in [6.45, 7) is 5.37. The molecule has 4 heteroatoms. The fraction of sp³-hybridized carbons (Fsp3) is 0.898. The van der Waals surface area contributed by atoms with Crippen molar-refractivity contribution in [3.05, 3.63) is 24.3 Å². The molecule has 314 valence electrons. The van der Waals surface area contributed by atoms with E-state index in [1.165, 1.54) is 212 Å². The van der Waals surface area contributed by atoms with Crippen molar-refractivity contribution in [2.24, 2.45) is 0 Å². The van der Waals surface area contributed by atoms with Crippen LogP contribution in [0.3, 0.4) is 0 Å². The molecule has 0 rings (SSSR count). The van der Waals surface area contributed by atoms with Gasteiger partial charge in [0.2, 0.25) is 0 Å². The van der Waals surface area contributed by atoms with E-state index in [0.29, 0.717) is 19.6 Å². The summed E-state index contributed by atoms with van der Waals surface area (Å²) in [6.07, 6.45) is 58.3. The number of rotatable bonds is 45. The van der Waals surface area contributed by atoms with Gasteiger partial charge in [0.15, 0.2) is 0 Å². The minimum atomic E-state index is -0.535. The highest BCUT2D eigenvalue weighted by atomic mass is 16.6. The lowest BCUT2D eigenvalue weighted by atomic mass is 10.0. The number of hydrogen-bond donors (Lipinski definition) is 1. The molecule has 0 fully saturated rings. The third-order valence-electron chi connectivity index (χ3n) is 10.8. The van der Waals surface area contributed by atoms with Gasteiger partial charge in [-0.05, 0) is 44.9 Å². The van der Waals surface area contributed by atoms with Crippen LogP contribution in [0.15, 0.2) is 24.3 Å². The van der Waals surface area contributed by atoms with Crippen molar-refractivity contribution in [1.29, 1.82) is 0 Å². The highest BCUT2D eigenvalue weighted by molar-refractivity contribution is 5.69. The zero-order valence-corrected chi connectivity index (χ0v) is 36.1. The Morgan fingerprint density at radius 2 is 0.792 bits per heavy atom. The summed E-state index contributed by atoms with van der Waals surface area (Å²) in [5.74, 6) is -0.203. The van der Waals surface area contributed by atoms with Crippen LogP contribution in [-0.2, 0) is 14.3 Å². The Morgan fingerprint density at radius 1 is 0.453 bits per heavy atom. The molecular formula is C49H94O4. The number of ether oxygens (including phenoxy) is 2. The van der Waals surface area contributed by atoms with Gasteiger partial charge in [0, 0.05) is 13.0 Å². The number of carbonyl (C=O) groups is 1. The van der Waals surface area contributed by atoms with Crippen molar-refractivity contribution in [3.63, 3.8) is 0 Å². The van der Waals surface area contributed by atoms with Gasteiger partial charge in [-0.2, -0.15) is 0 Å². The lowest BCUT2D eigenvalue weighted by molar-refractivity contribution is -0.154. The van der Waals surface area contributed by atoms with Crippen molar-refractivity contribution in [2.75, 3.05) is 19.8 Å². The van der Waals surface area contributed by atoms with Crippen LogP contribution in [0.5, 0.6) is 0 Å². The monoisotopic (exact) mass is 747 g/mol. The predicted octanol–water partition coefficient (Wildman–Crippen LogP) is 15.9. The molecule has 0 bridgehead atoms. The van der Waals surface area contributed by atoms with E-state index in [9.17, 15) is 9.90 Å². The molecule has 0 aromatic carbocycles. The van der Waals surface area contributed by atoms with Crippen molar-refractivity contribution >= 4 is 5.97 Å². The molecule has 1 N–H and O–H groups in total. The normalized spacial score (nSPS) is 12.4. The maximum absolute atomic E-state index is 12.2. The van der Waals surface area contributed by atoms with E-state index in [-0.39, 0.29) is 12.6 Å². The lowest BCUT2D eigenvalue weighted by Crippen LogP contribution is -2.27. The van der Waals surface area contributed by atoms with Gasteiger partial charge in [-0.3, -0.25) is 4.79 Å². The first-order valence-electron chi connectivity index (χ1n) is 23.9. The maximum atomic E-state index is 12.2. The SMILES string of the molecule is CCCCCC/C=C\C/C=C\CCCCCCCCCC(=O)OC(CO)COCCCCCCCCCCCCCCCCCCCCCCCCC. The Kier molecular flexibility index (Phi) is 46.0. The summed E-state index contributed by atoms with van der Waals surface area (Å²) in [6, 6.07) is 0. The van der Waals surface area contributed by atoms with E-state index in [2.05, 4.69) is 38.2 Å². The Balaban J connectivity index is 3.37. The van der Waals surface area contributed by atoms with Crippen molar-refractivity contribution in [2.45, 2.75) is 264 Å². The third-order valence-corrected chi connectivity index (χ3v) is 10.8. The average molecular weight is 747 g/mol. The summed E-state index contributed by atoms with van der Waals surface area (Å²) >= 11 is 0. The maximum Gasteiger partial charge on any atom is 0.306 e. The summed E-state index contributed by atoms with van der Waals surface area (Å²) in [7, 11) is 0. The van der Waals surface area contributed by atoms with Crippen LogP contribution in [0, 0.1) is 0 Å². The summed E-state index contributed by atoms with van der Waals surface area (Å²) in [4.78, 5) is 12.2. The molecule has 4 nitrogen and oxygen atoms in total. The lowest BCUT2D eigenvalue weighted by Gasteiger charge is -2.16. The molecule has 0 aromatic heterocycles. The Labute approximate surface area is 332 Å². The predicted molar refractivity (Wildman–Crippen MR) is 233 cm³/mol. The molecule has 0 aromatic rings. The van der Waals surface area contributed by atoms with Gasteiger partial charge in [0.25, 0.3) is 0 Å². The molecule has 0 saturated heterocycles. The van der Waals surface area contributed by atoms with Crippen LogP contribution in [0.25, 0.3) is 0 Å². The molecule has 0 heterocycles. The zero-order chi connectivity index (χ0) is 38.4. The molecular weight excluding hydrogens is 653 g/mol. The van der Waals surface area contributed by atoms with Crippen molar-refractivity contribution in [1.82, 2.24) is 0 Å². The second-order valence-corrected chi connectivity index (χ2v) is 16.2. The molecule has 0 amide bonds. The standard InChI is InChI=1S/C49H94O4/c1-3-5-7-9-11-13-15-17-19-21-23-24-25-26-27-29-31-33-35-37-39-41-43-45-52-47-48(46-50)53-49(51)44-42-40-38-36-34-32-30-28-22-20-18-16-14-12-10-8-6-4-2/h14,16,20,22,48,50H,3-13,15,17-19,21,23-47H2,1-2H3/b16-14-,22-20-. The van der Waals surface area contributed by atoms with Gasteiger partial charge in [-0.15, -0.1) is 0 Å². The van der Waals surface area contributed by atoms with Gasteiger partial charge in [0.1, 0.15) is 6.10 Å². The molecule has 0 aliphatic carbocycles. The fourth-order valence-corrected chi connectivity index (χ4v) is 7.18. The first-order valence-corrected chi connectivity index (χ1v) is 23.9. The Bertz CT molecular complexity index is 747. The zero-order valence-electron chi connectivity index (χ0n) is 36.1. The molecule has 1 atom stereocenters. The summed E-state index contributed by atoms with van der Waals surface area (Å²) < 4.78 is 11.2. The summed E-state index contributed by atoms with van der Waals surface area (Å²) in [5.41, 5.74) is 0. The fourth-order valence-electron chi connectivity index (χ4n) is 7.18. The summed E-state index contributed by atoms with van der Waals surface area (Å²) in [5, 5.41) is 9.63. The van der Waals surface area contributed by atoms with Crippen LogP contribution < -0.4 is 0 Å². The van der Waals surface area contributed by atoms with Gasteiger partial charge < -0.3 is 14.6 Å². The minimum absolute atomic E-state index is 0.170. The largest absolute Gasteiger partial charge is 0.457 e. The molecule has 0 spiro atoms. The van der Waals surface area contributed by atoms with E-state index in [0.717, 1.165) is 25.7 Å². The number of aliphatic hydroxyl groups is 1. The highest BCUT2D eigenvalue weighted by Gasteiger charge is 2.13. The van der Waals surface area contributed by atoms with E-state index in [1.54, 1.807) is 0 Å². The first-order chi connectivity index (χ1) is 26.2. The molecule has 0 saturated carbocycles. The van der Waals surface area contributed by atoms with E-state index in [1.807, 2.05) is 0 Å². The van der Waals surface area contributed by atoms with Crippen LogP contribution in [0.4, 0.5) is 0 Å². The Hall–Kier alpha value is -1.13.